The molecule has 3 aromatic carbocycles. The SMILES string of the molecule is O=C(NCCc1ccccc1)c1ccc(OC(C(=O)O)c2ccccc2)cc1. The Morgan fingerprint density at radius 3 is 2.07 bits per heavy atom. The second-order valence-corrected chi connectivity index (χ2v) is 6.26. The van der Waals surface area contributed by atoms with E-state index in [1.165, 1.54) is 0 Å². The molecule has 0 aliphatic heterocycles. The van der Waals surface area contributed by atoms with Crippen molar-refractivity contribution in [2.75, 3.05) is 6.54 Å². The van der Waals surface area contributed by atoms with Crippen LogP contribution in [0.3, 0.4) is 0 Å². The second kappa shape index (κ2) is 9.37. The van der Waals surface area contributed by atoms with Crippen LogP contribution in [0.1, 0.15) is 27.6 Å². The average Bonchev–Trinajstić information content (AvgIpc) is 2.73. The minimum Gasteiger partial charge on any atom is -0.478 e. The van der Waals surface area contributed by atoms with Gasteiger partial charge in [0.05, 0.1) is 0 Å². The fourth-order valence-electron chi connectivity index (χ4n) is 2.78. The molecule has 5 nitrogen and oxygen atoms in total. The zero-order valence-corrected chi connectivity index (χ0v) is 15.2. The number of benzene rings is 3. The molecule has 5 heteroatoms. The summed E-state index contributed by atoms with van der Waals surface area (Å²) in [7, 11) is 0. The molecule has 3 rings (SSSR count). The van der Waals surface area contributed by atoms with Crippen LogP contribution in [0, 0.1) is 0 Å². The highest BCUT2D eigenvalue weighted by atomic mass is 16.5. The first-order chi connectivity index (χ1) is 13.6. The lowest BCUT2D eigenvalue weighted by Crippen LogP contribution is -2.25. The van der Waals surface area contributed by atoms with Crippen molar-refractivity contribution in [2.45, 2.75) is 12.5 Å². The third-order valence-corrected chi connectivity index (χ3v) is 4.24. The molecule has 0 aromatic heterocycles. The van der Waals surface area contributed by atoms with Gasteiger partial charge in [0.1, 0.15) is 5.75 Å². The summed E-state index contributed by atoms with van der Waals surface area (Å²) >= 11 is 0. The lowest BCUT2D eigenvalue weighted by atomic mass is 10.1. The minimum absolute atomic E-state index is 0.180. The van der Waals surface area contributed by atoms with Crippen LogP contribution in [0.25, 0.3) is 0 Å². The third-order valence-electron chi connectivity index (χ3n) is 4.24. The van der Waals surface area contributed by atoms with Crippen molar-refractivity contribution in [2.24, 2.45) is 0 Å². The van der Waals surface area contributed by atoms with Crippen LogP contribution in [0.5, 0.6) is 5.75 Å². The summed E-state index contributed by atoms with van der Waals surface area (Å²) in [5.41, 5.74) is 2.21. The predicted octanol–water partition coefficient (Wildman–Crippen LogP) is 3.86. The van der Waals surface area contributed by atoms with Gasteiger partial charge < -0.3 is 15.2 Å². The van der Waals surface area contributed by atoms with Gasteiger partial charge in [0, 0.05) is 17.7 Å². The quantitative estimate of drug-likeness (QED) is 0.627. The normalized spacial score (nSPS) is 11.4. The van der Waals surface area contributed by atoms with Gasteiger partial charge >= 0.3 is 5.97 Å². The molecule has 1 amide bonds. The molecule has 3 aromatic rings. The second-order valence-electron chi connectivity index (χ2n) is 6.26. The fraction of sp³-hybridized carbons (Fsp3) is 0.130. The van der Waals surface area contributed by atoms with E-state index in [2.05, 4.69) is 5.32 Å². The largest absolute Gasteiger partial charge is 0.478 e. The molecule has 0 aliphatic rings. The number of carboxylic acid groups (broad SMARTS) is 1. The number of nitrogens with one attached hydrogen (secondary N) is 1. The number of amides is 1. The highest BCUT2D eigenvalue weighted by molar-refractivity contribution is 5.94. The Morgan fingerprint density at radius 2 is 1.46 bits per heavy atom. The summed E-state index contributed by atoms with van der Waals surface area (Å²) in [4.78, 5) is 23.8. The van der Waals surface area contributed by atoms with Gasteiger partial charge in [-0.05, 0) is 36.2 Å². The standard InChI is InChI=1S/C23H21NO4/c25-22(24-16-15-17-7-3-1-4-8-17)19-11-13-20(14-12-19)28-21(23(26)27)18-9-5-2-6-10-18/h1-14,21H,15-16H2,(H,24,25)(H,26,27). The predicted molar refractivity (Wildman–Crippen MR) is 106 cm³/mol. The molecule has 0 heterocycles. The lowest BCUT2D eigenvalue weighted by molar-refractivity contribution is -0.145. The van der Waals surface area contributed by atoms with Crippen molar-refractivity contribution in [1.82, 2.24) is 5.32 Å². The van der Waals surface area contributed by atoms with E-state index in [0.717, 1.165) is 12.0 Å². The Morgan fingerprint density at radius 1 is 0.857 bits per heavy atom. The van der Waals surface area contributed by atoms with Gasteiger partial charge in [0.2, 0.25) is 6.10 Å². The van der Waals surface area contributed by atoms with Crippen molar-refractivity contribution < 1.29 is 19.4 Å². The van der Waals surface area contributed by atoms with Crippen LogP contribution in [0.2, 0.25) is 0 Å². The van der Waals surface area contributed by atoms with Crippen LogP contribution < -0.4 is 10.1 Å². The van der Waals surface area contributed by atoms with E-state index in [-0.39, 0.29) is 5.91 Å². The first kappa shape index (κ1) is 19.2. The van der Waals surface area contributed by atoms with E-state index in [4.69, 9.17) is 4.74 Å². The van der Waals surface area contributed by atoms with Crippen molar-refractivity contribution in [1.29, 1.82) is 0 Å². The monoisotopic (exact) mass is 375 g/mol. The maximum absolute atomic E-state index is 12.3. The van der Waals surface area contributed by atoms with Crippen LogP contribution in [0.15, 0.2) is 84.9 Å². The molecule has 1 unspecified atom stereocenters. The van der Waals surface area contributed by atoms with Crippen LogP contribution in [-0.2, 0) is 11.2 Å². The van der Waals surface area contributed by atoms with Gasteiger partial charge in [0.15, 0.2) is 0 Å². The Labute approximate surface area is 163 Å². The maximum Gasteiger partial charge on any atom is 0.349 e. The molecule has 0 radical (unpaired) electrons. The molecular formula is C23H21NO4. The summed E-state index contributed by atoms with van der Waals surface area (Å²) in [6.07, 6.45) is -0.350. The lowest BCUT2D eigenvalue weighted by Gasteiger charge is -2.15. The average molecular weight is 375 g/mol. The van der Waals surface area contributed by atoms with Crippen molar-refractivity contribution in [3.05, 3.63) is 102 Å². The highest BCUT2D eigenvalue weighted by Gasteiger charge is 2.21. The van der Waals surface area contributed by atoms with E-state index in [1.807, 2.05) is 36.4 Å². The van der Waals surface area contributed by atoms with Gasteiger partial charge in [0.25, 0.3) is 5.91 Å². The molecule has 28 heavy (non-hydrogen) atoms. The molecule has 1 atom stereocenters. The molecule has 0 saturated heterocycles. The molecular weight excluding hydrogens is 354 g/mol. The smallest absolute Gasteiger partial charge is 0.349 e. The zero-order chi connectivity index (χ0) is 19.8. The van der Waals surface area contributed by atoms with Gasteiger partial charge in [-0.3, -0.25) is 4.79 Å². The summed E-state index contributed by atoms with van der Waals surface area (Å²) in [5, 5.41) is 12.3. The van der Waals surface area contributed by atoms with Gasteiger partial charge in [-0.15, -0.1) is 0 Å². The topological polar surface area (TPSA) is 75.6 Å². The van der Waals surface area contributed by atoms with Crippen molar-refractivity contribution in [3.63, 3.8) is 0 Å². The molecule has 2 N–H and O–H groups in total. The molecule has 0 fully saturated rings. The Balaban J connectivity index is 1.57. The number of hydrogen-bond acceptors (Lipinski definition) is 3. The number of hydrogen-bond donors (Lipinski definition) is 2. The Hall–Kier alpha value is -3.60. The van der Waals surface area contributed by atoms with E-state index < -0.39 is 12.1 Å². The maximum atomic E-state index is 12.3. The van der Waals surface area contributed by atoms with Crippen molar-refractivity contribution >= 4 is 11.9 Å². The number of ether oxygens (including phenoxy) is 1. The molecule has 0 saturated carbocycles. The van der Waals surface area contributed by atoms with E-state index in [1.54, 1.807) is 48.5 Å². The third kappa shape index (κ3) is 5.20. The molecule has 0 spiro atoms. The summed E-state index contributed by atoms with van der Waals surface area (Å²) in [6.45, 7) is 0.538. The molecule has 0 bridgehead atoms. The molecule has 0 aliphatic carbocycles. The van der Waals surface area contributed by atoms with Crippen LogP contribution in [0.4, 0.5) is 0 Å². The van der Waals surface area contributed by atoms with Gasteiger partial charge in [-0.25, -0.2) is 4.79 Å². The number of carboxylic acids is 1. The Kier molecular flexibility index (Phi) is 6.41. The number of aliphatic carboxylic acids is 1. The number of rotatable bonds is 8. The van der Waals surface area contributed by atoms with Crippen LogP contribution in [-0.4, -0.2) is 23.5 Å². The number of carbonyl (C=O) groups is 2. The van der Waals surface area contributed by atoms with E-state index in [9.17, 15) is 14.7 Å². The first-order valence-electron chi connectivity index (χ1n) is 9.00. The van der Waals surface area contributed by atoms with Crippen molar-refractivity contribution in [3.8, 4) is 5.75 Å². The summed E-state index contributed by atoms with van der Waals surface area (Å²) in [6, 6.07) is 25.1. The first-order valence-corrected chi connectivity index (χ1v) is 9.00. The number of carbonyl (C=O) groups excluding carboxylic acids is 1. The van der Waals surface area contributed by atoms with E-state index >= 15 is 0 Å². The highest BCUT2D eigenvalue weighted by Crippen LogP contribution is 2.22. The summed E-state index contributed by atoms with van der Waals surface area (Å²) < 4.78 is 5.60. The van der Waals surface area contributed by atoms with Crippen LogP contribution >= 0.6 is 0 Å². The fourth-order valence-corrected chi connectivity index (χ4v) is 2.78. The zero-order valence-electron chi connectivity index (χ0n) is 15.2. The summed E-state index contributed by atoms with van der Waals surface area (Å²) in [5.74, 6) is -0.869. The van der Waals surface area contributed by atoms with Gasteiger partial charge in [-0.1, -0.05) is 60.7 Å². The van der Waals surface area contributed by atoms with E-state index in [0.29, 0.717) is 23.4 Å². The minimum atomic E-state index is -1.10. The van der Waals surface area contributed by atoms with Gasteiger partial charge in [-0.2, -0.15) is 0 Å². The molecule has 142 valence electrons. The Bertz CT molecular complexity index is 908.